The maximum Gasteiger partial charge on any atom is 0.416 e. The van der Waals surface area contributed by atoms with Crippen molar-refractivity contribution in [2.24, 2.45) is 0 Å². The molecule has 0 saturated carbocycles. The molecular formula is C20H25F3N3O+. The first-order chi connectivity index (χ1) is 12.6. The van der Waals surface area contributed by atoms with Gasteiger partial charge in [-0.2, -0.15) is 13.2 Å². The third kappa shape index (κ3) is 5.72. The van der Waals surface area contributed by atoms with Crippen molar-refractivity contribution in [3.8, 4) is 0 Å². The summed E-state index contributed by atoms with van der Waals surface area (Å²) in [5, 5.41) is 2.68. The molecule has 1 amide bonds. The van der Waals surface area contributed by atoms with Gasteiger partial charge in [-0.25, -0.2) is 0 Å². The highest BCUT2D eigenvalue weighted by molar-refractivity contribution is 5.93. The highest BCUT2D eigenvalue weighted by Gasteiger charge is 2.30. The van der Waals surface area contributed by atoms with Crippen LogP contribution < -0.4 is 15.1 Å². The minimum atomic E-state index is -4.39. The Morgan fingerprint density at radius 1 is 1.07 bits per heavy atom. The molecule has 2 aromatic rings. The molecule has 27 heavy (non-hydrogen) atoms. The summed E-state index contributed by atoms with van der Waals surface area (Å²) in [6.07, 6.45) is -4.39. The Morgan fingerprint density at radius 2 is 1.63 bits per heavy atom. The van der Waals surface area contributed by atoms with Crippen LogP contribution in [-0.2, 0) is 17.5 Å². The third-order valence-electron chi connectivity index (χ3n) is 4.55. The van der Waals surface area contributed by atoms with Crippen LogP contribution >= 0.6 is 0 Å². The number of likely N-dealkylation sites (N-methyl/N-ethyl adjacent to an activating group) is 1. The minimum absolute atomic E-state index is 0.239. The van der Waals surface area contributed by atoms with Crippen LogP contribution in [0.15, 0.2) is 48.5 Å². The van der Waals surface area contributed by atoms with Crippen LogP contribution in [0.25, 0.3) is 0 Å². The van der Waals surface area contributed by atoms with Gasteiger partial charge in [-0.15, -0.1) is 0 Å². The lowest BCUT2D eigenvalue weighted by Gasteiger charge is -2.21. The number of hydrogen-bond acceptors (Lipinski definition) is 2. The number of nitrogens with one attached hydrogen (secondary N) is 2. The lowest BCUT2D eigenvalue weighted by Crippen LogP contribution is -3.12. The maximum atomic E-state index is 12.6. The van der Waals surface area contributed by atoms with Crippen LogP contribution in [0.2, 0.25) is 0 Å². The van der Waals surface area contributed by atoms with E-state index >= 15 is 0 Å². The number of alkyl halides is 3. The molecule has 0 heterocycles. The SMILES string of the molecule is C[C@@H](C(=O)Nc1ccc(C(F)(F)F)cc1)[NH+](C)Cc1ccc(N(C)C)cc1. The van der Waals surface area contributed by atoms with Crippen LogP contribution in [0.1, 0.15) is 18.1 Å². The van der Waals surface area contributed by atoms with Gasteiger partial charge in [0.2, 0.25) is 0 Å². The van der Waals surface area contributed by atoms with Crippen LogP contribution in [0.4, 0.5) is 24.5 Å². The highest BCUT2D eigenvalue weighted by Crippen LogP contribution is 2.29. The molecule has 0 spiro atoms. The van der Waals surface area contributed by atoms with E-state index in [1.807, 2.05) is 50.3 Å². The zero-order valence-electron chi connectivity index (χ0n) is 15.9. The standard InChI is InChI=1S/C20H24F3N3O/c1-14(26(4)13-15-5-11-18(12-6-15)25(2)3)19(27)24-17-9-7-16(8-10-17)20(21,22)23/h5-12,14H,13H2,1-4H3,(H,24,27)/p+1/t14-/m0/s1. The fraction of sp³-hybridized carbons (Fsp3) is 0.350. The first-order valence-corrected chi connectivity index (χ1v) is 8.64. The van der Waals surface area contributed by atoms with Gasteiger partial charge in [0.25, 0.3) is 5.91 Å². The van der Waals surface area contributed by atoms with Crippen molar-refractivity contribution in [3.05, 3.63) is 59.7 Å². The van der Waals surface area contributed by atoms with Gasteiger partial charge in [0.05, 0.1) is 12.6 Å². The molecule has 0 bridgehead atoms. The first-order valence-electron chi connectivity index (χ1n) is 8.64. The molecule has 0 radical (unpaired) electrons. The maximum absolute atomic E-state index is 12.6. The second-order valence-corrected chi connectivity index (χ2v) is 6.87. The number of rotatable bonds is 6. The molecule has 7 heteroatoms. The number of carbonyl (C=O) groups excluding carboxylic acids is 1. The number of halogens is 3. The van der Waals surface area contributed by atoms with Gasteiger partial charge in [0, 0.05) is 31.0 Å². The first kappa shape index (κ1) is 20.8. The molecule has 2 atom stereocenters. The van der Waals surface area contributed by atoms with Gasteiger partial charge in [0.15, 0.2) is 6.04 Å². The summed E-state index contributed by atoms with van der Waals surface area (Å²) in [4.78, 5) is 15.4. The quantitative estimate of drug-likeness (QED) is 0.809. The average molecular weight is 380 g/mol. The van der Waals surface area contributed by atoms with Gasteiger partial charge >= 0.3 is 6.18 Å². The Labute approximate surface area is 157 Å². The van der Waals surface area contributed by atoms with Gasteiger partial charge in [-0.05, 0) is 43.3 Å². The molecular weight excluding hydrogens is 355 g/mol. The average Bonchev–Trinajstić information content (AvgIpc) is 2.61. The largest absolute Gasteiger partial charge is 0.416 e. The summed E-state index contributed by atoms with van der Waals surface area (Å²) in [5.41, 5.74) is 1.82. The van der Waals surface area contributed by atoms with Gasteiger partial charge in [-0.1, -0.05) is 12.1 Å². The van der Waals surface area contributed by atoms with E-state index < -0.39 is 11.7 Å². The Bertz CT molecular complexity index is 756. The number of hydrogen-bond donors (Lipinski definition) is 2. The highest BCUT2D eigenvalue weighted by atomic mass is 19.4. The summed E-state index contributed by atoms with van der Waals surface area (Å²) < 4.78 is 37.8. The second kappa shape index (κ2) is 8.43. The lowest BCUT2D eigenvalue weighted by molar-refractivity contribution is -0.907. The minimum Gasteiger partial charge on any atom is -0.378 e. The van der Waals surface area contributed by atoms with E-state index in [1.165, 1.54) is 12.1 Å². The molecule has 2 aromatic carbocycles. The monoisotopic (exact) mass is 380 g/mol. The van der Waals surface area contributed by atoms with Crippen LogP contribution in [0, 0.1) is 0 Å². The molecule has 0 aliphatic heterocycles. The van der Waals surface area contributed by atoms with E-state index in [0.717, 1.165) is 28.3 Å². The summed E-state index contributed by atoms with van der Waals surface area (Å²) in [6.45, 7) is 2.46. The smallest absolute Gasteiger partial charge is 0.378 e. The third-order valence-corrected chi connectivity index (χ3v) is 4.55. The van der Waals surface area contributed by atoms with Gasteiger partial charge in [-0.3, -0.25) is 4.79 Å². The Kier molecular flexibility index (Phi) is 6.49. The van der Waals surface area contributed by atoms with Crippen molar-refractivity contribution >= 4 is 17.3 Å². The fourth-order valence-electron chi connectivity index (χ4n) is 2.60. The summed E-state index contributed by atoms with van der Waals surface area (Å²) in [5.74, 6) is -0.239. The molecule has 4 nitrogen and oxygen atoms in total. The van der Waals surface area contributed by atoms with E-state index in [4.69, 9.17) is 0 Å². The predicted octanol–water partition coefficient (Wildman–Crippen LogP) is 2.81. The van der Waals surface area contributed by atoms with E-state index in [-0.39, 0.29) is 11.9 Å². The van der Waals surface area contributed by atoms with Gasteiger partial charge < -0.3 is 15.1 Å². The molecule has 2 N–H and O–H groups in total. The van der Waals surface area contributed by atoms with E-state index in [2.05, 4.69) is 5.32 Å². The number of nitrogens with zero attached hydrogens (tertiary/aromatic N) is 1. The molecule has 0 aliphatic rings. The molecule has 2 rings (SSSR count). The van der Waals surface area contributed by atoms with Crippen molar-refractivity contribution < 1.29 is 22.9 Å². The second-order valence-electron chi connectivity index (χ2n) is 6.87. The van der Waals surface area contributed by atoms with Crippen molar-refractivity contribution in [2.45, 2.75) is 25.7 Å². The summed E-state index contributed by atoms with van der Waals surface area (Å²) >= 11 is 0. The molecule has 1 unspecified atom stereocenters. The van der Waals surface area contributed by atoms with Crippen LogP contribution in [0.3, 0.4) is 0 Å². The van der Waals surface area contributed by atoms with Crippen molar-refractivity contribution in [2.75, 3.05) is 31.4 Å². The number of benzene rings is 2. The van der Waals surface area contributed by atoms with Crippen molar-refractivity contribution in [1.82, 2.24) is 0 Å². The molecule has 0 aromatic heterocycles. The summed E-state index contributed by atoms with van der Waals surface area (Å²) in [6, 6.07) is 12.2. The van der Waals surface area contributed by atoms with E-state index in [9.17, 15) is 18.0 Å². The van der Waals surface area contributed by atoms with Crippen molar-refractivity contribution in [1.29, 1.82) is 0 Å². The zero-order chi connectivity index (χ0) is 20.2. The number of carbonyl (C=O) groups is 1. The number of anilines is 2. The predicted molar refractivity (Wildman–Crippen MR) is 101 cm³/mol. The number of amides is 1. The molecule has 0 saturated heterocycles. The number of quaternary nitrogens is 1. The summed E-state index contributed by atoms with van der Waals surface area (Å²) in [7, 11) is 5.86. The van der Waals surface area contributed by atoms with E-state index in [1.54, 1.807) is 6.92 Å². The van der Waals surface area contributed by atoms with Crippen LogP contribution in [0.5, 0.6) is 0 Å². The van der Waals surface area contributed by atoms with Crippen molar-refractivity contribution in [3.63, 3.8) is 0 Å². The normalized spacial score (nSPS) is 13.7. The Morgan fingerprint density at radius 3 is 2.11 bits per heavy atom. The Balaban J connectivity index is 1.95. The molecule has 0 fully saturated rings. The topological polar surface area (TPSA) is 36.8 Å². The van der Waals surface area contributed by atoms with E-state index in [0.29, 0.717) is 12.2 Å². The zero-order valence-corrected chi connectivity index (χ0v) is 15.9. The molecule has 0 aliphatic carbocycles. The van der Waals surface area contributed by atoms with Crippen LogP contribution in [-0.4, -0.2) is 33.1 Å². The van der Waals surface area contributed by atoms with Gasteiger partial charge in [0.1, 0.15) is 6.54 Å². The fourth-order valence-corrected chi connectivity index (χ4v) is 2.60. The Hall–Kier alpha value is -2.54. The lowest BCUT2D eigenvalue weighted by atomic mass is 10.1. The molecule has 146 valence electrons.